The van der Waals surface area contributed by atoms with Crippen LogP contribution in [0.15, 0.2) is 42.5 Å². The molecule has 0 radical (unpaired) electrons. The minimum Gasteiger partial charge on any atom is -0.465 e. The Morgan fingerprint density at radius 2 is 1.83 bits per heavy atom. The molecule has 0 aromatic heterocycles. The van der Waals surface area contributed by atoms with Crippen molar-refractivity contribution in [3.05, 3.63) is 63.7 Å². The van der Waals surface area contributed by atoms with Crippen molar-refractivity contribution >= 4 is 39.0 Å². The Kier molecular flexibility index (Phi) is 6.77. The lowest BCUT2D eigenvalue weighted by Gasteiger charge is -2.29. The number of anilines is 2. The summed E-state index contributed by atoms with van der Waals surface area (Å²) in [5.74, 6) is -1.41. The van der Waals surface area contributed by atoms with E-state index in [2.05, 4.69) is 10.1 Å². The Labute approximate surface area is 173 Å². The number of ether oxygens (including phenoxy) is 1. The molecule has 0 saturated carbocycles. The summed E-state index contributed by atoms with van der Waals surface area (Å²) >= 11 is 0. The second kappa shape index (κ2) is 8.91. The first-order chi connectivity index (χ1) is 14.0. The molecular weight excluding hydrogens is 414 g/mol. The van der Waals surface area contributed by atoms with E-state index in [-0.39, 0.29) is 22.6 Å². The molecule has 0 aliphatic carbocycles. The number of nitro benzene ring substituents is 1. The number of nitrogens with zero attached hydrogens (tertiary/aromatic N) is 2. The van der Waals surface area contributed by atoms with Crippen LogP contribution in [0.2, 0.25) is 0 Å². The molecule has 10 nitrogen and oxygen atoms in total. The van der Waals surface area contributed by atoms with Gasteiger partial charge in [0, 0.05) is 12.1 Å². The number of para-hydroxylation sites is 1. The minimum atomic E-state index is -3.99. The third kappa shape index (κ3) is 4.92. The maximum Gasteiger partial charge on any atom is 0.339 e. The zero-order valence-corrected chi connectivity index (χ0v) is 17.6. The molecule has 30 heavy (non-hydrogen) atoms. The van der Waals surface area contributed by atoms with E-state index in [9.17, 15) is 28.1 Å². The van der Waals surface area contributed by atoms with Gasteiger partial charge in [0.2, 0.25) is 15.9 Å². The summed E-state index contributed by atoms with van der Waals surface area (Å²) in [5, 5.41) is 13.7. The Morgan fingerprint density at radius 3 is 2.40 bits per heavy atom. The Hall–Kier alpha value is -3.47. The monoisotopic (exact) mass is 435 g/mol. The average Bonchev–Trinajstić information content (AvgIpc) is 2.68. The van der Waals surface area contributed by atoms with E-state index in [4.69, 9.17) is 0 Å². The van der Waals surface area contributed by atoms with E-state index in [1.54, 1.807) is 19.1 Å². The molecule has 2 rings (SSSR count). The number of rotatable bonds is 7. The van der Waals surface area contributed by atoms with Crippen molar-refractivity contribution in [3.8, 4) is 0 Å². The maximum atomic E-state index is 12.9. The number of aryl methyl sites for hydroxylation is 1. The van der Waals surface area contributed by atoms with E-state index in [0.717, 1.165) is 16.6 Å². The second-order valence-corrected chi connectivity index (χ2v) is 8.35. The third-order valence-electron chi connectivity index (χ3n) is 4.32. The first kappa shape index (κ1) is 22.8. The molecule has 0 saturated heterocycles. The number of esters is 1. The number of amides is 1. The third-order valence-corrected chi connectivity index (χ3v) is 5.55. The van der Waals surface area contributed by atoms with Gasteiger partial charge in [0.15, 0.2) is 0 Å². The molecule has 0 spiro atoms. The molecule has 1 amide bonds. The summed E-state index contributed by atoms with van der Waals surface area (Å²) in [7, 11) is -2.80. The zero-order chi connectivity index (χ0) is 22.6. The van der Waals surface area contributed by atoms with Crippen molar-refractivity contribution in [2.24, 2.45) is 0 Å². The quantitative estimate of drug-likeness (QED) is 0.401. The number of nitro groups is 1. The summed E-state index contributed by atoms with van der Waals surface area (Å²) in [6, 6.07) is 8.58. The summed E-state index contributed by atoms with van der Waals surface area (Å²) in [6.07, 6.45) is 0.900. The van der Waals surface area contributed by atoms with Crippen molar-refractivity contribution in [2.75, 3.05) is 23.0 Å². The van der Waals surface area contributed by atoms with Gasteiger partial charge in [-0.1, -0.05) is 18.2 Å². The van der Waals surface area contributed by atoms with Gasteiger partial charge in [-0.2, -0.15) is 0 Å². The smallest absolute Gasteiger partial charge is 0.339 e. The number of carbonyl (C=O) groups excluding carboxylic acids is 2. The molecule has 0 heterocycles. The van der Waals surface area contributed by atoms with Crippen molar-refractivity contribution in [1.29, 1.82) is 0 Å². The second-order valence-electron chi connectivity index (χ2n) is 6.49. The van der Waals surface area contributed by atoms with Crippen molar-refractivity contribution in [1.82, 2.24) is 0 Å². The average molecular weight is 435 g/mol. The standard InChI is InChI=1S/C19H21N3O7S/c1-12-9-10-14(22(25)26)11-17(12)21(30(4,27)28)13(2)18(23)20-16-8-6-5-7-15(16)19(24)29-3/h5-11,13H,1-4H3,(H,20,23)/t13-/m0/s1. The van der Waals surface area contributed by atoms with Crippen LogP contribution >= 0.6 is 0 Å². The van der Waals surface area contributed by atoms with Crippen LogP contribution < -0.4 is 9.62 Å². The van der Waals surface area contributed by atoms with E-state index in [0.29, 0.717) is 5.56 Å². The molecule has 0 fully saturated rings. The molecule has 0 bridgehead atoms. The summed E-state index contributed by atoms with van der Waals surface area (Å²) in [6.45, 7) is 2.92. The largest absolute Gasteiger partial charge is 0.465 e. The molecular formula is C19H21N3O7S. The van der Waals surface area contributed by atoms with Crippen LogP contribution in [0.1, 0.15) is 22.8 Å². The maximum absolute atomic E-state index is 12.9. The predicted octanol–water partition coefficient (Wildman–Crippen LogP) is 2.48. The van der Waals surface area contributed by atoms with E-state index in [1.165, 1.54) is 38.3 Å². The zero-order valence-electron chi connectivity index (χ0n) is 16.8. The normalized spacial score (nSPS) is 12.0. The number of hydrogen-bond acceptors (Lipinski definition) is 7. The Balaban J connectivity index is 2.46. The van der Waals surface area contributed by atoms with Crippen LogP contribution in [-0.2, 0) is 19.6 Å². The molecule has 2 aromatic carbocycles. The van der Waals surface area contributed by atoms with Gasteiger partial charge in [-0.3, -0.25) is 19.2 Å². The van der Waals surface area contributed by atoms with Crippen LogP contribution in [0.4, 0.5) is 17.1 Å². The number of sulfonamides is 1. The highest BCUT2D eigenvalue weighted by Gasteiger charge is 2.31. The molecule has 0 unspecified atom stereocenters. The van der Waals surface area contributed by atoms with Gasteiger partial charge in [0.25, 0.3) is 5.69 Å². The van der Waals surface area contributed by atoms with Crippen LogP contribution in [0.3, 0.4) is 0 Å². The van der Waals surface area contributed by atoms with Gasteiger partial charge in [0.05, 0.1) is 35.2 Å². The number of methoxy groups -OCH3 is 1. The van der Waals surface area contributed by atoms with Crippen LogP contribution in [0.5, 0.6) is 0 Å². The van der Waals surface area contributed by atoms with Gasteiger partial charge < -0.3 is 10.1 Å². The fourth-order valence-corrected chi connectivity index (χ4v) is 4.07. The Morgan fingerprint density at radius 1 is 1.20 bits per heavy atom. The minimum absolute atomic E-state index is 0.00982. The SMILES string of the molecule is COC(=O)c1ccccc1NC(=O)[C@H](C)N(c1cc([N+](=O)[O-])ccc1C)S(C)(=O)=O. The van der Waals surface area contributed by atoms with Gasteiger partial charge >= 0.3 is 5.97 Å². The van der Waals surface area contributed by atoms with Gasteiger partial charge in [-0.25, -0.2) is 13.2 Å². The molecule has 1 atom stereocenters. The number of non-ortho nitro benzene ring substituents is 1. The lowest BCUT2D eigenvalue weighted by Crippen LogP contribution is -2.45. The van der Waals surface area contributed by atoms with Crippen LogP contribution in [-0.4, -0.2) is 44.6 Å². The van der Waals surface area contributed by atoms with Gasteiger partial charge in [-0.15, -0.1) is 0 Å². The molecule has 11 heteroatoms. The number of nitrogens with one attached hydrogen (secondary N) is 1. The summed E-state index contributed by atoms with van der Waals surface area (Å²) in [4.78, 5) is 35.2. The van der Waals surface area contributed by atoms with Crippen LogP contribution in [0, 0.1) is 17.0 Å². The highest BCUT2D eigenvalue weighted by molar-refractivity contribution is 7.92. The number of benzene rings is 2. The van der Waals surface area contributed by atoms with Crippen molar-refractivity contribution in [3.63, 3.8) is 0 Å². The molecule has 2 aromatic rings. The highest BCUT2D eigenvalue weighted by Crippen LogP contribution is 2.29. The number of hydrogen-bond donors (Lipinski definition) is 1. The lowest BCUT2D eigenvalue weighted by atomic mass is 10.1. The first-order valence-corrected chi connectivity index (χ1v) is 10.5. The molecule has 1 N–H and O–H groups in total. The molecule has 0 aliphatic heterocycles. The molecule has 0 aliphatic rings. The van der Waals surface area contributed by atoms with Crippen LogP contribution in [0.25, 0.3) is 0 Å². The van der Waals surface area contributed by atoms with E-state index < -0.39 is 32.9 Å². The first-order valence-electron chi connectivity index (χ1n) is 8.70. The van der Waals surface area contributed by atoms with Crippen molar-refractivity contribution < 1.29 is 27.7 Å². The fourth-order valence-electron chi connectivity index (χ4n) is 2.85. The predicted molar refractivity (Wildman–Crippen MR) is 111 cm³/mol. The van der Waals surface area contributed by atoms with Crippen molar-refractivity contribution in [2.45, 2.75) is 19.9 Å². The van der Waals surface area contributed by atoms with Gasteiger partial charge in [0.1, 0.15) is 6.04 Å². The lowest BCUT2D eigenvalue weighted by molar-refractivity contribution is -0.384. The summed E-state index contributed by atoms with van der Waals surface area (Å²) in [5.41, 5.74) is 0.368. The summed E-state index contributed by atoms with van der Waals surface area (Å²) < 4.78 is 30.5. The fraction of sp³-hybridized carbons (Fsp3) is 0.263. The van der Waals surface area contributed by atoms with E-state index >= 15 is 0 Å². The van der Waals surface area contributed by atoms with E-state index in [1.807, 2.05) is 0 Å². The Bertz CT molecular complexity index is 1100. The number of carbonyl (C=O) groups is 2. The topological polar surface area (TPSA) is 136 Å². The van der Waals surface area contributed by atoms with Gasteiger partial charge in [-0.05, 0) is 31.5 Å². The highest BCUT2D eigenvalue weighted by atomic mass is 32.2. The molecule has 160 valence electrons.